The highest BCUT2D eigenvalue weighted by Gasteiger charge is 2.21. The van der Waals surface area contributed by atoms with Crippen LogP contribution < -0.4 is 0 Å². The van der Waals surface area contributed by atoms with E-state index in [1.807, 2.05) is 0 Å². The van der Waals surface area contributed by atoms with Crippen LogP contribution in [-0.2, 0) is 0 Å². The van der Waals surface area contributed by atoms with Crippen LogP contribution >= 0.6 is 0 Å². The molecule has 6 nitrogen and oxygen atoms in total. The van der Waals surface area contributed by atoms with Crippen LogP contribution in [0.15, 0.2) is 236 Å². The van der Waals surface area contributed by atoms with Crippen molar-refractivity contribution in [1.29, 1.82) is 0 Å². The van der Waals surface area contributed by atoms with Crippen molar-refractivity contribution in [3.63, 3.8) is 0 Å². The molecule has 0 spiro atoms. The van der Waals surface area contributed by atoms with Gasteiger partial charge in [-0.3, -0.25) is 0 Å². The monoisotopic (exact) mass is 920 g/mol. The van der Waals surface area contributed by atoms with Gasteiger partial charge in [0.1, 0.15) is 22.3 Å². The van der Waals surface area contributed by atoms with Crippen LogP contribution in [0, 0.1) is 0 Å². The van der Waals surface area contributed by atoms with Crippen LogP contribution in [-0.4, -0.2) is 9.13 Å². The molecule has 17 rings (SSSR count). The Morgan fingerprint density at radius 1 is 0.208 bits per heavy atom. The van der Waals surface area contributed by atoms with Gasteiger partial charge >= 0.3 is 0 Å². The first-order valence-corrected chi connectivity index (χ1v) is 24.4. The van der Waals surface area contributed by atoms with Crippen molar-refractivity contribution in [3.8, 4) is 33.6 Å². The van der Waals surface area contributed by atoms with Crippen LogP contribution in [0.5, 0.6) is 0 Å². The lowest BCUT2D eigenvalue weighted by Crippen LogP contribution is -1.93. The Hall–Kier alpha value is -9.78. The summed E-state index contributed by atoms with van der Waals surface area (Å²) in [5.74, 6) is 0. The highest BCUT2D eigenvalue weighted by molar-refractivity contribution is 6.21. The fraction of sp³-hybridized carbons (Fsp3) is 0. The average Bonchev–Trinajstić information content (AvgIpc) is 4.29. The SMILES string of the molecule is c1ccc2c(c1)c1ccccc1n2-c1ccc2oc3c(ccc4c5cc(-c6ccc(-c7ccc8oc9c(ccc%10c%11cc(-n%12c%13ccccc%13c%13ccccc%13%12)ccc%11oc%109)c8c7)cc6)ccc5oc43)c2c1. The van der Waals surface area contributed by atoms with Gasteiger partial charge < -0.3 is 26.8 Å². The number of nitrogens with zero attached hydrogens (tertiary/aromatic N) is 2. The molecule has 0 bridgehead atoms. The van der Waals surface area contributed by atoms with Crippen molar-refractivity contribution in [2.24, 2.45) is 0 Å². The van der Waals surface area contributed by atoms with E-state index < -0.39 is 0 Å². The molecule has 6 heterocycles. The van der Waals surface area contributed by atoms with Gasteiger partial charge in [-0.2, -0.15) is 0 Å². The fourth-order valence-corrected chi connectivity index (χ4v) is 12.0. The lowest BCUT2D eigenvalue weighted by Gasteiger charge is -2.07. The van der Waals surface area contributed by atoms with Gasteiger partial charge in [-0.05, 0) is 131 Å². The summed E-state index contributed by atoms with van der Waals surface area (Å²) in [7, 11) is 0. The Morgan fingerprint density at radius 3 is 0.819 bits per heavy atom. The number of rotatable bonds is 4. The summed E-state index contributed by atoms with van der Waals surface area (Å²) < 4.78 is 31.1. The van der Waals surface area contributed by atoms with Crippen molar-refractivity contribution in [2.45, 2.75) is 0 Å². The Labute approximate surface area is 408 Å². The molecule has 0 radical (unpaired) electrons. The second-order valence-electron chi connectivity index (χ2n) is 19.1. The Morgan fingerprint density at radius 2 is 0.486 bits per heavy atom. The van der Waals surface area contributed by atoms with E-state index in [2.05, 4.69) is 228 Å². The minimum atomic E-state index is 0.762. The van der Waals surface area contributed by atoms with Crippen LogP contribution in [0.25, 0.3) is 165 Å². The number of fused-ring (bicyclic) bond motifs is 20. The fourth-order valence-electron chi connectivity index (χ4n) is 12.0. The van der Waals surface area contributed by atoms with Crippen LogP contribution in [0.1, 0.15) is 0 Å². The van der Waals surface area contributed by atoms with Crippen LogP contribution in [0.2, 0.25) is 0 Å². The largest absolute Gasteiger partial charge is 0.452 e. The summed E-state index contributed by atoms with van der Waals surface area (Å²) in [5, 5.41) is 13.3. The summed E-state index contributed by atoms with van der Waals surface area (Å²) in [6.45, 7) is 0. The van der Waals surface area contributed by atoms with E-state index >= 15 is 0 Å². The number of hydrogen-bond donors (Lipinski definition) is 0. The molecular formula is C66H36N2O4. The molecule has 17 aromatic rings. The smallest absolute Gasteiger partial charge is 0.178 e. The van der Waals surface area contributed by atoms with Crippen molar-refractivity contribution >= 4 is 131 Å². The quantitative estimate of drug-likeness (QED) is 0.176. The zero-order valence-corrected chi connectivity index (χ0v) is 38.3. The summed E-state index contributed by atoms with van der Waals surface area (Å²) in [4.78, 5) is 0. The van der Waals surface area contributed by atoms with E-state index in [0.717, 1.165) is 121 Å². The number of hydrogen-bond acceptors (Lipinski definition) is 4. The lowest BCUT2D eigenvalue weighted by molar-refractivity contribution is 0.633. The van der Waals surface area contributed by atoms with E-state index in [4.69, 9.17) is 17.7 Å². The Kier molecular flexibility index (Phi) is 7.38. The molecule has 6 heteroatoms. The van der Waals surface area contributed by atoms with Gasteiger partial charge in [0.2, 0.25) is 0 Å². The van der Waals surface area contributed by atoms with Gasteiger partial charge in [-0.25, -0.2) is 0 Å². The first-order valence-electron chi connectivity index (χ1n) is 24.4. The van der Waals surface area contributed by atoms with E-state index in [0.29, 0.717) is 0 Å². The maximum atomic E-state index is 6.61. The predicted octanol–water partition coefficient (Wildman–Crippen LogP) is 18.8. The molecule has 0 saturated heterocycles. The molecular weight excluding hydrogens is 885 g/mol. The molecule has 334 valence electrons. The number of aromatic nitrogens is 2. The van der Waals surface area contributed by atoms with E-state index in [9.17, 15) is 0 Å². The topological polar surface area (TPSA) is 62.4 Å². The third-order valence-corrected chi connectivity index (χ3v) is 15.3. The number of benzene rings is 11. The second-order valence-corrected chi connectivity index (χ2v) is 19.1. The maximum absolute atomic E-state index is 6.61. The number of furan rings is 4. The summed E-state index contributed by atoms with van der Waals surface area (Å²) in [6.07, 6.45) is 0. The van der Waals surface area contributed by atoms with E-state index in [1.54, 1.807) is 0 Å². The summed E-state index contributed by atoms with van der Waals surface area (Å²) in [6, 6.07) is 77.8. The minimum Gasteiger partial charge on any atom is -0.452 e. The summed E-state index contributed by atoms with van der Waals surface area (Å²) in [5.41, 5.74) is 17.7. The molecule has 0 N–H and O–H groups in total. The molecule has 6 aromatic heterocycles. The van der Waals surface area contributed by atoms with Crippen molar-refractivity contribution in [2.75, 3.05) is 0 Å². The van der Waals surface area contributed by atoms with Crippen molar-refractivity contribution in [3.05, 3.63) is 218 Å². The third-order valence-electron chi connectivity index (χ3n) is 15.3. The van der Waals surface area contributed by atoms with Gasteiger partial charge in [-0.1, -0.05) is 109 Å². The molecule has 11 aromatic carbocycles. The molecule has 0 saturated carbocycles. The van der Waals surface area contributed by atoms with E-state index in [1.165, 1.54) is 43.6 Å². The van der Waals surface area contributed by atoms with Crippen molar-refractivity contribution < 1.29 is 17.7 Å². The first kappa shape index (κ1) is 38.1. The minimum absolute atomic E-state index is 0.762. The van der Waals surface area contributed by atoms with Gasteiger partial charge in [0.15, 0.2) is 22.3 Å². The highest BCUT2D eigenvalue weighted by atomic mass is 16.4. The number of para-hydroxylation sites is 4. The third kappa shape index (κ3) is 5.16. The zero-order valence-electron chi connectivity index (χ0n) is 38.3. The lowest BCUT2D eigenvalue weighted by atomic mass is 9.98. The molecule has 0 amide bonds. The molecule has 0 aliphatic rings. The molecule has 0 fully saturated rings. The maximum Gasteiger partial charge on any atom is 0.178 e. The van der Waals surface area contributed by atoms with Gasteiger partial charge in [0, 0.05) is 76.0 Å². The first-order chi connectivity index (χ1) is 35.7. The van der Waals surface area contributed by atoms with Crippen molar-refractivity contribution in [1.82, 2.24) is 9.13 Å². The van der Waals surface area contributed by atoms with Crippen LogP contribution in [0.4, 0.5) is 0 Å². The molecule has 72 heavy (non-hydrogen) atoms. The van der Waals surface area contributed by atoms with Gasteiger partial charge in [0.05, 0.1) is 22.1 Å². The predicted molar refractivity (Wildman–Crippen MR) is 295 cm³/mol. The average molecular weight is 921 g/mol. The molecule has 0 aliphatic carbocycles. The van der Waals surface area contributed by atoms with E-state index in [-0.39, 0.29) is 0 Å². The highest BCUT2D eigenvalue weighted by Crippen LogP contribution is 2.44. The molecule has 0 atom stereocenters. The standard InChI is InChI=1S/C66H36N2O4/c1-5-13-55-43(9-1)44-10-2-6-14-56(44)67(55)41-23-31-61-53(35-41)49-27-25-47-51-33-39(21-29-59(51)69-63(47)65(49)71-61)37-17-19-38(20-18-37)40-22-30-60-52(34-40)48-26-28-50-54-36-42(24-32-62(54)72-66(50)64(48)70-60)68-57-15-7-3-11-45(57)46-12-4-8-16-58(46)68/h1-36H. The zero-order chi connectivity index (χ0) is 46.8. The normalized spacial score (nSPS) is 12.4. The second kappa shape index (κ2) is 13.9. The van der Waals surface area contributed by atoms with Crippen LogP contribution in [0.3, 0.4) is 0 Å². The Balaban J connectivity index is 0.705. The molecule has 0 aliphatic heterocycles. The Bertz CT molecular complexity index is 4740. The van der Waals surface area contributed by atoms with Gasteiger partial charge in [-0.15, -0.1) is 0 Å². The molecule has 0 unspecified atom stereocenters. The summed E-state index contributed by atoms with van der Waals surface area (Å²) >= 11 is 0. The van der Waals surface area contributed by atoms with Gasteiger partial charge in [0.25, 0.3) is 0 Å².